The highest BCUT2D eigenvalue weighted by Crippen LogP contribution is 2.36. The van der Waals surface area contributed by atoms with E-state index in [1.165, 1.54) is 0 Å². The van der Waals surface area contributed by atoms with Crippen LogP contribution in [0, 0.1) is 0 Å². The van der Waals surface area contributed by atoms with Crippen molar-refractivity contribution in [2.24, 2.45) is 0 Å². The fourth-order valence-corrected chi connectivity index (χ4v) is 2.50. The van der Waals surface area contributed by atoms with E-state index in [2.05, 4.69) is 20.3 Å². The molecule has 0 fully saturated rings. The zero-order valence-electron chi connectivity index (χ0n) is 14.0. The first-order valence-corrected chi connectivity index (χ1v) is 8.07. The molecular weight excluding hydrogens is 334 g/mol. The van der Waals surface area contributed by atoms with E-state index in [0.717, 1.165) is 5.69 Å². The molecule has 0 saturated carbocycles. The quantitative estimate of drug-likeness (QED) is 0.723. The molecule has 2 aromatic carbocycles. The first-order chi connectivity index (χ1) is 12.7. The number of benzene rings is 2. The molecule has 0 spiro atoms. The van der Waals surface area contributed by atoms with E-state index in [4.69, 9.17) is 19.9 Å². The number of nitrogens with one attached hydrogen (secondary N) is 1. The minimum absolute atomic E-state index is 0.120. The van der Waals surface area contributed by atoms with Crippen LogP contribution in [0.3, 0.4) is 0 Å². The average Bonchev–Trinajstić information content (AvgIpc) is 3.10. The molecule has 0 radical (unpaired) electrons. The zero-order chi connectivity index (χ0) is 17.9. The summed E-state index contributed by atoms with van der Waals surface area (Å²) >= 11 is 0. The Kier molecular flexibility index (Phi) is 4.14. The van der Waals surface area contributed by atoms with Gasteiger partial charge in [-0.15, -0.1) is 0 Å². The molecular formula is C18H17N5O3. The van der Waals surface area contributed by atoms with Crippen molar-refractivity contribution in [2.75, 3.05) is 17.8 Å². The molecule has 26 heavy (non-hydrogen) atoms. The Balaban J connectivity index is 1.53. The number of ether oxygens (including phenoxy) is 3. The summed E-state index contributed by atoms with van der Waals surface area (Å²) in [6.07, 6.45) is -0.433. The lowest BCUT2D eigenvalue weighted by Crippen LogP contribution is -2.13. The minimum Gasteiger partial charge on any atom is -0.483 e. The molecule has 8 heteroatoms. The Morgan fingerprint density at radius 1 is 1.04 bits per heavy atom. The molecule has 3 N–H and O–H groups in total. The number of nitrogens with zero attached hydrogens (tertiary/aromatic N) is 3. The third kappa shape index (κ3) is 3.44. The second kappa shape index (κ2) is 6.75. The lowest BCUT2D eigenvalue weighted by Gasteiger charge is -2.15. The molecule has 3 aromatic rings. The monoisotopic (exact) mass is 351 g/mol. The number of aromatic nitrogens is 3. The van der Waals surface area contributed by atoms with Crippen LogP contribution in [0.5, 0.6) is 17.2 Å². The summed E-state index contributed by atoms with van der Waals surface area (Å²) in [4.78, 5) is 12.7. The summed E-state index contributed by atoms with van der Waals surface area (Å²) < 4.78 is 16.6. The van der Waals surface area contributed by atoms with Crippen LogP contribution in [-0.2, 0) is 0 Å². The first-order valence-electron chi connectivity index (χ1n) is 8.07. The van der Waals surface area contributed by atoms with Crippen LogP contribution in [0.4, 0.5) is 17.6 Å². The highest BCUT2D eigenvalue weighted by atomic mass is 16.7. The van der Waals surface area contributed by atoms with Gasteiger partial charge in [0.25, 0.3) is 0 Å². The van der Waals surface area contributed by atoms with Crippen molar-refractivity contribution in [1.82, 2.24) is 15.0 Å². The number of nitrogens with two attached hydrogens (primary N) is 1. The number of hydrogen-bond acceptors (Lipinski definition) is 8. The van der Waals surface area contributed by atoms with Gasteiger partial charge < -0.3 is 25.3 Å². The molecule has 4 rings (SSSR count). The van der Waals surface area contributed by atoms with Crippen LogP contribution in [0.25, 0.3) is 0 Å². The van der Waals surface area contributed by atoms with Crippen LogP contribution in [-0.4, -0.2) is 21.7 Å². The molecule has 0 saturated heterocycles. The standard InChI is InChI=1S/C18H17N5O3/c1-11(26-13-7-8-14-15(9-13)25-10-24-14)16-21-17(19)23-18(22-16)20-12-5-3-2-4-6-12/h2-9,11H,10H2,1H3,(H3,19,20,21,22,23)/t11-/m1/s1. The van der Waals surface area contributed by atoms with Crippen molar-refractivity contribution >= 4 is 17.6 Å². The predicted molar refractivity (Wildman–Crippen MR) is 95.6 cm³/mol. The Morgan fingerprint density at radius 2 is 1.85 bits per heavy atom. The first kappa shape index (κ1) is 15.9. The number of anilines is 3. The molecule has 8 nitrogen and oxygen atoms in total. The van der Waals surface area contributed by atoms with Crippen LogP contribution >= 0.6 is 0 Å². The molecule has 0 bridgehead atoms. The van der Waals surface area contributed by atoms with E-state index >= 15 is 0 Å². The lowest BCUT2D eigenvalue weighted by atomic mass is 10.3. The van der Waals surface area contributed by atoms with E-state index in [0.29, 0.717) is 29.0 Å². The molecule has 1 aromatic heterocycles. The number of fused-ring (bicyclic) bond motifs is 1. The summed E-state index contributed by atoms with van der Waals surface area (Å²) in [6, 6.07) is 15.0. The summed E-state index contributed by atoms with van der Waals surface area (Å²) in [6.45, 7) is 2.05. The summed E-state index contributed by atoms with van der Waals surface area (Å²) in [5, 5.41) is 3.10. The van der Waals surface area contributed by atoms with Gasteiger partial charge in [-0.3, -0.25) is 0 Å². The van der Waals surface area contributed by atoms with E-state index in [1.54, 1.807) is 18.2 Å². The van der Waals surface area contributed by atoms with Gasteiger partial charge in [0, 0.05) is 11.8 Å². The fourth-order valence-electron chi connectivity index (χ4n) is 2.50. The Labute approximate surface area is 150 Å². The Bertz CT molecular complexity index is 920. The van der Waals surface area contributed by atoms with Gasteiger partial charge in [-0.1, -0.05) is 18.2 Å². The SMILES string of the molecule is C[C@@H](Oc1ccc2c(c1)OCO2)c1nc(N)nc(Nc2ccccc2)n1. The van der Waals surface area contributed by atoms with Gasteiger partial charge in [0.2, 0.25) is 18.7 Å². The van der Waals surface area contributed by atoms with Gasteiger partial charge in [0.1, 0.15) is 5.75 Å². The second-order valence-corrected chi connectivity index (χ2v) is 5.64. The zero-order valence-corrected chi connectivity index (χ0v) is 14.0. The number of para-hydroxylation sites is 1. The Hall–Kier alpha value is -3.55. The third-order valence-corrected chi connectivity index (χ3v) is 3.72. The summed E-state index contributed by atoms with van der Waals surface area (Å²) in [7, 11) is 0. The van der Waals surface area contributed by atoms with Gasteiger partial charge in [-0.25, -0.2) is 0 Å². The predicted octanol–water partition coefficient (Wildman–Crippen LogP) is 3.07. The van der Waals surface area contributed by atoms with Gasteiger partial charge in [0.15, 0.2) is 23.4 Å². The van der Waals surface area contributed by atoms with Gasteiger partial charge >= 0.3 is 0 Å². The molecule has 0 unspecified atom stereocenters. The van der Waals surface area contributed by atoms with Crippen molar-refractivity contribution in [2.45, 2.75) is 13.0 Å². The van der Waals surface area contributed by atoms with Crippen LogP contribution in [0.2, 0.25) is 0 Å². The smallest absolute Gasteiger partial charge is 0.232 e. The summed E-state index contributed by atoms with van der Waals surface area (Å²) in [5.74, 6) is 2.88. The van der Waals surface area contributed by atoms with Gasteiger partial charge in [-0.05, 0) is 31.2 Å². The largest absolute Gasteiger partial charge is 0.483 e. The topological polar surface area (TPSA) is 104 Å². The van der Waals surface area contributed by atoms with Gasteiger partial charge in [-0.2, -0.15) is 15.0 Å². The van der Waals surface area contributed by atoms with E-state index in [9.17, 15) is 0 Å². The molecule has 1 aliphatic rings. The Morgan fingerprint density at radius 3 is 2.69 bits per heavy atom. The molecule has 132 valence electrons. The van der Waals surface area contributed by atoms with Crippen molar-refractivity contribution in [1.29, 1.82) is 0 Å². The van der Waals surface area contributed by atoms with Crippen LogP contribution in [0.1, 0.15) is 18.9 Å². The van der Waals surface area contributed by atoms with Crippen LogP contribution in [0.15, 0.2) is 48.5 Å². The lowest BCUT2D eigenvalue weighted by molar-refractivity contribution is 0.173. The number of hydrogen-bond donors (Lipinski definition) is 2. The maximum Gasteiger partial charge on any atom is 0.232 e. The van der Waals surface area contributed by atoms with Gasteiger partial charge in [0.05, 0.1) is 0 Å². The highest BCUT2D eigenvalue weighted by Gasteiger charge is 2.17. The summed E-state index contributed by atoms with van der Waals surface area (Å²) in [5.41, 5.74) is 6.68. The second-order valence-electron chi connectivity index (χ2n) is 5.64. The number of nitrogen functional groups attached to an aromatic ring is 1. The van der Waals surface area contributed by atoms with Crippen molar-refractivity contribution in [3.05, 3.63) is 54.4 Å². The maximum atomic E-state index is 5.91. The maximum absolute atomic E-state index is 5.91. The minimum atomic E-state index is -0.433. The normalized spacial score (nSPS) is 13.3. The fraction of sp³-hybridized carbons (Fsp3) is 0.167. The highest BCUT2D eigenvalue weighted by molar-refractivity contribution is 5.53. The number of rotatable bonds is 5. The van der Waals surface area contributed by atoms with Crippen molar-refractivity contribution in [3.63, 3.8) is 0 Å². The van der Waals surface area contributed by atoms with Crippen LogP contribution < -0.4 is 25.3 Å². The molecule has 0 amide bonds. The molecule has 0 aliphatic carbocycles. The van der Waals surface area contributed by atoms with E-state index in [-0.39, 0.29) is 12.7 Å². The molecule has 1 aliphatic heterocycles. The van der Waals surface area contributed by atoms with E-state index in [1.807, 2.05) is 37.3 Å². The van der Waals surface area contributed by atoms with Crippen molar-refractivity contribution in [3.8, 4) is 17.2 Å². The van der Waals surface area contributed by atoms with Crippen molar-refractivity contribution < 1.29 is 14.2 Å². The third-order valence-electron chi connectivity index (χ3n) is 3.72. The molecule has 1 atom stereocenters. The average molecular weight is 351 g/mol. The van der Waals surface area contributed by atoms with E-state index < -0.39 is 6.10 Å². The molecule has 2 heterocycles.